The quantitative estimate of drug-likeness (QED) is 0.740. The molecule has 4 unspecified atom stereocenters. The average molecular weight is 279 g/mol. The second-order valence-corrected chi connectivity index (χ2v) is 6.03. The summed E-state index contributed by atoms with van der Waals surface area (Å²) in [5, 5.41) is 0. The normalized spacial score (nSPS) is 36.4. The van der Waals surface area contributed by atoms with Crippen molar-refractivity contribution >= 4 is 5.91 Å². The van der Waals surface area contributed by atoms with Gasteiger partial charge in [-0.3, -0.25) is 4.79 Å². The van der Waals surface area contributed by atoms with Gasteiger partial charge in [0.1, 0.15) is 6.10 Å². The van der Waals surface area contributed by atoms with Crippen molar-refractivity contribution < 1.29 is 14.3 Å². The molecule has 0 aromatic carbocycles. The average Bonchev–Trinajstić information content (AvgIpc) is 2.99. The van der Waals surface area contributed by atoms with Gasteiger partial charge in [0, 0.05) is 19.6 Å². The second kappa shape index (κ2) is 6.27. The molecule has 1 saturated carbocycles. The summed E-state index contributed by atoms with van der Waals surface area (Å²) in [5.41, 5.74) is 0. The smallest absolute Gasteiger partial charge is 0.223 e. The van der Waals surface area contributed by atoms with Gasteiger partial charge in [-0.05, 0) is 38.5 Å². The third kappa shape index (κ3) is 2.77. The van der Waals surface area contributed by atoms with Crippen LogP contribution < -0.4 is 0 Å². The first-order valence-corrected chi connectivity index (χ1v) is 7.99. The Labute approximate surface area is 121 Å². The molecule has 0 radical (unpaired) electrons. The van der Waals surface area contributed by atoms with E-state index in [1.807, 2.05) is 11.8 Å². The number of hydrogen-bond acceptors (Lipinski definition) is 3. The molecule has 2 fully saturated rings. The lowest BCUT2D eigenvalue weighted by atomic mass is 10.0. The van der Waals surface area contributed by atoms with Crippen LogP contribution in [0, 0.1) is 5.92 Å². The molecule has 4 heteroatoms. The molecule has 20 heavy (non-hydrogen) atoms. The molecule has 0 aromatic heterocycles. The Bertz CT molecular complexity index is 382. The van der Waals surface area contributed by atoms with Gasteiger partial charge in [-0.2, -0.15) is 0 Å². The van der Waals surface area contributed by atoms with E-state index in [0.717, 1.165) is 32.2 Å². The van der Waals surface area contributed by atoms with E-state index in [1.54, 1.807) is 0 Å². The van der Waals surface area contributed by atoms with Crippen LogP contribution in [0.25, 0.3) is 0 Å². The van der Waals surface area contributed by atoms with Crippen LogP contribution in [0.15, 0.2) is 12.2 Å². The van der Waals surface area contributed by atoms with Crippen molar-refractivity contribution in [2.75, 3.05) is 19.8 Å². The number of allylic oxidation sites excluding steroid dienone is 2. The number of carbonyl (C=O) groups is 1. The largest absolute Gasteiger partial charge is 0.374 e. The maximum atomic E-state index is 12.6. The third-order valence-electron chi connectivity index (χ3n) is 4.79. The molecule has 3 rings (SSSR count). The lowest BCUT2D eigenvalue weighted by molar-refractivity contribution is -0.136. The van der Waals surface area contributed by atoms with Gasteiger partial charge < -0.3 is 14.4 Å². The fourth-order valence-electron chi connectivity index (χ4n) is 3.82. The molecule has 1 heterocycles. The minimum Gasteiger partial charge on any atom is -0.374 e. The van der Waals surface area contributed by atoms with Crippen LogP contribution in [0.1, 0.15) is 39.0 Å². The molecular weight excluding hydrogens is 254 g/mol. The van der Waals surface area contributed by atoms with Crippen LogP contribution in [-0.2, 0) is 14.3 Å². The lowest BCUT2D eigenvalue weighted by Gasteiger charge is -2.31. The number of nitrogens with zero attached hydrogens (tertiary/aromatic N) is 1. The minimum atomic E-state index is 0.0746. The monoisotopic (exact) mass is 279 g/mol. The number of ether oxygens (including phenoxy) is 2. The molecule has 112 valence electrons. The molecule has 4 nitrogen and oxygen atoms in total. The van der Waals surface area contributed by atoms with Crippen molar-refractivity contribution in [3.05, 3.63) is 12.2 Å². The van der Waals surface area contributed by atoms with Gasteiger partial charge in [0.15, 0.2) is 0 Å². The molecule has 3 aliphatic rings. The molecule has 1 amide bonds. The van der Waals surface area contributed by atoms with E-state index >= 15 is 0 Å². The molecule has 2 bridgehead atoms. The maximum absolute atomic E-state index is 12.6. The van der Waals surface area contributed by atoms with E-state index < -0.39 is 0 Å². The van der Waals surface area contributed by atoms with Crippen LogP contribution in [0.4, 0.5) is 0 Å². The summed E-state index contributed by atoms with van der Waals surface area (Å²) in [6.45, 7) is 4.07. The van der Waals surface area contributed by atoms with Crippen molar-refractivity contribution in [2.45, 2.75) is 57.3 Å². The van der Waals surface area contributed by atoms with Gasteiger partial charge in [-0.25, -0.2) is 0 Å². The Morgan fingerprint density at radius 2 is 2.30 bits per heavy atom. The molecule has 0 aromatic rings. The first kappa shape index (κ1) is 14.1. The predicted octanol–water partition coefficient (Wildman–Crippen LogP) is 2.14. The molecule has 1 saturated heterocycles. The topological polar surface area (TPSA) is 38.8 Å². The van der Waals surface area contributed by atoms with Gasteiger partial charge in [-0.15, -0.1) is 0 Å². The van der Waals surface area contributed by atoms with E-state index in [4.69, 9.17) is 9.47 Å². The zero-order chi connectivity index (χ0) is 13.9. The van der Waals surface area contributed by atoms with Gasteiger partial charge in [0.05, 0.1) is 18.8 Å². The van der Waals surface area contributed by atoms with Crippen molar-refractivity contribution in [3.63, 3.8) is 0 Å². The van der Waals surface area contributed by atoms with E-state index in [2.05, 4.69) is 12.2 Å². The highest BCUT2D eigenvalue weighted by atomic mass is 16.5. The fourth-order valence-corrected chi connectivity index (χ4v) is 3.82. The summed E-state index contributed by atoms with van der Waals surface area (Å²) < 4.78 is 11.7. The van der Waals surface area contributed by atoms with Gasteiger partial charge in [-0.1, -0.05) is 12.2 Å². The molecule has 4 atom stereocenters. The lowest BCUT2D eigenvalue weighted by Crippen LogP contribution is -2.46. The summed E-state index contributed by atoms with van der Waals surface area (Å²) in [4.78, 5) is 14.7. The number of rotatable bonds is 4. The zero-order valence-corrected chi connectivity index (χ0v) is 12.3. The van der Waals surface area contributed by atoms with Crippen molar-refractivity contribution in [1.82, 2.24) is 4.90 Å². The predicted molar refractivity (Wildman–Crippen MR) is 76.4 cm³/mol. The first-order valence-electron chi connectivity index (χ1n) is 7.99. The summed E-state index contributed by atoms with van der Waals surface area (Å²) in [7, 11) is 0. The summed E-state index contributed by atoms with van der Waals surface area (Å²) in [5.74, 6) is 0.719. The van der Waals surface area contributed by atoms with Crippen molar-refractivity contribution in [2.24, 2.45) is 5.92 Å². The van der Waals surface area contributed by atoms with Crippen molar-refractivity contribution in [3.8, 4) is 0 Å². The first-order chi connectivity index (χ1) is 9.79. The molecule has 2 aliphatic carbocycles. The van der Waals surface area contributed by atoms with E-state index in [1.165, 1.54) is 0 Å². The highest BCUT2D eigenvalue weighted by Crippen LogP contribution is 2.33. The van der Waals surface area contributed by atoms with Crippen LogP contribution in [-0.4, -0.2) is 48.8 Å². The Morgan fingerprint density at radius 1 is 1.40 bits per heavy atom. The van der Waals surface area contributed by atoms with Crippen LogP contribution in [0.5, 0.6) is 0 Å². The Hall–Kier alpha value is -0.870. The Balaban J connectivity index is 1.67. The standard InChI is InChI=1S/C16H25NO3/c1-2-19-16-13-7-8-14(16)20-10-9-17(13)15(18)11-12-5-3-4-6-12/h3,5,12-14,16H,2,4,6-11H2,1H3. The Kier molecular flexibility index (Phi) is 4.41. The maximum Gasteiger partial charge on any atom is 0.223 e. The van der Waals surface area contributed by atoms with Gasteiger partial charge in [0.2, 0.25) is 5.91 Å². The van der Waals surface area contributed by atoms with Crippen molar-refractivity contribution in [1.29, 1.82) is 0 Å². The van der Waals surface area contributed by atoms with Gasteiger partial charge in [0.25, 0.3) is 0 Å². The number of amides is 1. The Morgan fingerprint density at radius 3 is 3.05 bits per heavy atom. The highest BCUT2D eigenvalue weighted by Gasteiger charge is 2.44. The number of hydrogen-bond donors (Lipinski definition) is 0. The minimum absolute atomic E-state index is 0.0746. The summed E-state index contributed by atoms with van der Waals surface area (Å²) >= 11 is 0. The van der Waals surface area contributed by atoms with E-state index in [-0.39, 0.29) is 24.2 Å². The summed E-state index contributed by atoms with van der Waals surface area (Å²) in [6, 6.07) is 0.223. The van der Waals surface area contributed by atoms with Gasteiger partial charge >= 0.3 is 0 Å². The van der Waals surface area contributed by atoms with Crippen LogP contribution in [0.2, 0.25) is 0 Å². The SMILES string of the molecule is CCOC1C2CCC1N(C(=O)CC1C=CCC1)CCO2. The third-order valence-corrected chi connectivity index (χ3v) is 4.79. The van der Waals surface area contributed by atoms with E-state index in [0.29, 0.717) is 25.6 Å². The molecule has 0 N–H and O–H groups in total. The number of fused-ring (bicyclic) bond motifs is 2. The molecular formula is C16H25NO3. The number of carbonyl (C=O) groups excluding carboxylic acids is 1. The fraction of sp³-hybridized carbons (Fsp3) is 0.812. The summed E-state index contributed by atoms with van der Waals surface area (Å²) in [6.07, 6.45) is 9.57. The molecule has 1 aliphatic heterocycles. The zero-order valence-electron chi connectivity index (χ0n) is 12.3. The van der Waals surface area contributed by atoms with E-state index in [9.17, 15) is 4.79 Å². The van der Waals surface area contributed by atoms with Crippen LogP contribution >= 0.6 is 0 Å². The highest BCUT2D eigenvalue weighted by molar-refractivity contribution is 5.77. The van der Waals surface area contributed by atoms with Crippen LogP contribution in [0.3, 0.4) is 0 Å². The molecule has 0 spiro atoms. The second-order valence-electron chi connectivity index (χ2n) is 6.03.